The standard InChI is InChI=1S/C12H12F4N2OS/c1-2-3-5(11(17)20)12(19)18-10-8(15)6(13)4-7(14)9(10)16/h4-5H,2-3H2,1H3,(H2,17,20)(H,18,19). The molecule has 0 fully saturated rings. The Kier molecular flexibility index (Phi) is 5.43. The lowest BCUT2D eigenvalue weighted by Gasteiger charge is -2.15. The normalized spacial score (nSPS) is 12.1. The van der Waals surface area contributed by atoms with E-state index in [1.807, 2.05) is 0 Å². The maximum absolute atomic E-state index is 13.4. The molecule has 0 aliphatic heterocycles. The summed E-state index contributed by atoms with van der Waals surface area (Å²) in [5.74, 6) is -8.48. The van der Waals surface area contributed by atoms with Crippen LogP contribution in [-0.4, -0.2) is 10.9 Å². The van der Waals surface area contributed by atoms with Gasteiger partial charge in [-0.05, 0) is 6.42 Å². The van der Waals surface area contributed by atoms with Crippen LogP contribution in [0, 0.1) is 29.2 Å². The number of halogens is 4. The molecule has 0 spiro atoms. The smallest absolute Gasteiger partial charge is 0.234 e. The van der Waals surface area contributed by atoms with E-state index in [0.717, 1.165) is 0 Å². The molecule has 1 aromatic carbocycles. The minimum absolute atomic E-state index is 0.0530. The van der Waals surface area contributed by atoms with Gasteiger partial charge in [0.2, 0.25) is 5.91 Å². The molecule has 0 aliphatic carbocycles. The molecule has 8 heteroatoms. The third kappa shape index (κ3) is 3.44. The molecule has 1 aromatic rings. The first-order valence-corrected chi connectivity index (χ1v) is 6.13. The Labute approximate surface area is 118 Å². The third-order valence-electron chi connectivity index (χ3n) is 2.60. The van der Waals surface area contributed by atoms with Crippen LogP contribution in [0.2, 0.25) is 0 Å². The minimum Gasteiger partial charge on any atom is -0.393 e. The molecule has 1 atom stereocenters. The van der Waals surface area contributed by atoms with Crippen molar-refractivity contribution in [3.05, 3.63) is 29.3 Å². The zero-order valence-corrected chi connectivity index (χ0v) is 11.3. The SMILES string of the molecule is CCCC(C(=O)Nc1c(F)c(F)cc(F)c1F)C(N)=S. The van der Waals surface area contributed by atoms with E-state index in [4.69, 9.17) is 5.73 Å². The van der Waals surface area contributed by atoms with Gasteiger partial charge in [0.05, 0.1) is 10.9 Å². The Hall–Kier alpha value is -1.70. The van der Waals surface area contributed by atoms with Crippen molar-refractivity contribution in [2.75, 3.05) is 5.32 Å². The molecule has 3 N–H and O–H groups in total. The second-order valence-corrected chi connectivity index (χ2v) is 4.55. The van der Waals surface area contributed by atoms with Crippen LogP contribution in [0.5, 0.6) is 0 Å². The second kappa shape index (κ2) is 6.65. The van der Waals surface area contributed by atoms with Crippen LogP contribution in [0.15, 0.2) is 6.07 Å². The number of benzene rings is 1. The van der Waals surface area contributed by atoms with Gasteiger partial charge >= 0.3 is 0 Å². The van der Waals surface area contributed by atoms with Crippen molar-refractivity contribution in [1.29, 1.82) is 0 Å². The highest BCUT2D eigenvalue weighted by Gasteiger charge is 2.25. The van der Waals surface area contributed by atoms with E-state index in [1.165, 1.54) is 0 Å². The number of anilines is 1. The van der Waals surface area contributed by atoms with Gasteiger partial charge in [0, 0.05) is 6.07 Å². The van der Waals surface area contributed by atoms with Gasteiger partial charge in [-0.15, -0.1) is 0 Å². The molecule has 0 heterocycles. The summed E-state index contributed by atoms with van der Waals surface area (Å²) in [5.41, 5.74) is 4.16. The number of hydrogen-bond donors (Lipinski definition) is 2. The number of carbonyl (C=O) groups is 1. The molecule has 0 radical (unpaired) electrons. The largest absolute Gasteiger partial charge is 0.393 e. The Balaban J connectivity index is 3.10. The summed E-state index contributed by atoms with van der Waals surface area (Å²) >= 11 is 4.67. The summed E-state index contributed by atoms with van der Waals surface area (Å²) in [4.78, 5) is 11.6. The van der Waals surface area contributed by atoms with Gasteiger partial charge in [0.15, 0.2) is 23.3 Å². The summed E-state index contributed by atoms with van der Waals surface area (Å²) < 4.78 is 52.8. The lowest BCUT2D eigenvalue weighted by Crippen LogP contribution is -2.33. The fraction of sp³-hybridized carbons (Fsp3) is 0.333. The van der Waals surface area contributed by atoms with Crippen LogP contribution < -0.4 is 11.1 Å². The van der Waals surface area contributed by atoms with Crippen molar-refractivity contribution >= 4 is 28.8 Å². The van der Waals surface area contributed by atoms with Crippen molar-refractivity contribution in [3.8, 4) is 0 Å². The van der Waals surface area contributed by atoms with Crippen molar-refractivity contribution in [3.63, 3.8) is 0 Å². The number of hydrogen-bond acceptors (Lipinski definition) is 2. The van der Waals surface area contributed by atoms with Gasteiger partial charge in [-0.1, -0.05) is 25.6 Å². The molecule has 1 rings (SSSR count). The van der Waals surface area contributed by atoms with E-state index in [-0.39, 0.29) is 17.5 Å². The number of carbonyl (C=O) groups excluding carboxylic acids is 1. The van der Waals surface area contributed by atoms with Crippen molar-refractivity contribution in [1.82, 2.24) is 0 Å². The van der Waals surface area contributed by atoms with Crippen molar-refractivity contribution < 1.29 is 22.4 Å². The van der Waals surface area contributed by atoms with Crippen LogP contribution in [0.1, 0.15) is 19.8 Å². The number of nitrogens with two attached hydrogens (primary N) is 1. The predicted molar refractivity (Wildman–Crippen MR) is 70.1 cm³/mol. The highest BCUT2D eigenvalue weighted by molar-refractivity contribution is 7.80. The number of nitrogens with one attached hydrogen (secondary N) is 1. The van der Waals surface area contributed by atoms with Crippen LogP contribution in [-0.2, 0) is 4.79 Å². The highest BCUT2D eigenvalue weighted by atomic mass is 32.1. The molecule has 20 heavy (non-hydrogen) atoms. The molecule has 0 aromatic heterocycles. The molecule has 0 saturated heterocycles. The molecular formula is C12H12F4N2OS. The van der Waals surface area contributed by atoms with Gasteiger partial charge < -0.3 is 11.1 Å². The van der Waals surface area contributed by atoms with Gasteiger partial charge in [-0.2, -0.15) is 0 Å². The van der Waals surface area contributed by atoms with E-state index >= 15 is 0 Å². The lowest BCUT2D eigenvalue weighted by molar-refractivity contribution is -0.118. The van der Waals surface area contributed by atoms with Crippen LogP contribution in [0.4, 0.5) is 23.2 Å². The Morgan fingerprint density at radius 2 is 1.80 bits per heavy atom. The van der Waals surface area contributed by atoms with Gasteiger partial charge in [-0.3, -0.25) is 4.79 Å². The summed E-state index contributed by atoms with van der Waals surface area (Å²) in [5, 5.41) is 1.79. The molecule has 0 saturated carbocycles. The summed E-state index contributed by atoms with van der Waals surface area (Å²) in [6, 6.07) is 0.0530. The number of rotatable bonds is 5. The lowest BCUT2D eigenvalue weighted by atomic mass is 10.0. The zero-order chi connectivity index (χ0) is 15.4. The maximum atomic E-state index is 13.4. The van der Waals surface area contributed by atoms with E-state index in [9.17, 15) is 22.4 Å². The molecule has 0 aliphatic rings. The van der Waals surface area contributed by atoms with E-state index in [0.29, 0.717) is 6.42 Å². The van der Waals surface area contributed by atoms with E-state index < -0.39 is 40.8 Å². The monoisotopic (exact) mass is 308 g/mol. The van der Waals surface area contributed by atoms with E-state index in [1.54, 1.807) is 12.2 Å². The summed E-state index contributed by atoms with van der Waals surface area (Å²) in [6.07, 6.45) is 0.792. The van der Waals surface area contributed by atoms with Gasteiger partial charge in [-0.25, -0.2) is 17.6 Å². The van der Waals surface area contributed by atoms with Gasteiger partial charge in [0.1, 0.15) is 5.69 Å². The molecular weight excluding hydrogens is 296 g/mol. The van der Waals surface area contributed by atoms with Crippen molar-refractivity contribution in [2.45, 2.75) is 19.8 Å². The van der Waals surface area contributed by atoms with Crippen LogP contribution in [0.25, 0.3) is 0 Å². The summed E-state index contributed by atoms with van der Waals surface area (Å²) in [7, 11) is 0. The first-order valence-electron chi connectivity index (χ1n) is 5.72. The molecule has 0 bridgehead atoms. The quantitative estimate of drug-likeness (QED) is 0.499. The average molecular weight is 308 g/mol. The fourth-order valence-corrected chi connectivity index (χ4v) is 1.81. The first-order chi connectivity index (χ1) is 9.29. The minimum atomic E-state index is -1.68. The Morgan fingerprint density at radius 3 is 2.20 bits per heavy atom. The topological polar surface area (TPSA) is 55.1 Å². The summed E-state index contributed by atoms with van der Waals surface area (Å²) in [6.45, 7) is 1.75. The predicted octanol–water partition coefficient (Wildman–Crippen LogP) is 2.88. The van der Waals surface area contributed by atoms with Crippen LogP contribution >= 0.6 is 12.2 Å². The maximum Gasteiger partial charge on any atom is 0.234 e. The molecule has 1 unspecified atom stereocenters. The second-order valence-electron chi connectivity index (χ2n) is 4.08. The van der Waals surface area contributed by atoms with Crippen LogP contribution in [0.3, 0.4) is 0 Å². The molecule has 3 nitrogen and oxygen atoms in total. The Morgan fingerprint density at radius 1 is 1.30 bits per heavy atom. The highest BCUT2D eigenvalue weighted by Crippen LogP contribution is 2.25. The van der Waals surface area contributed by atoms with E-state index in [2.05, 4.69) is 12.2 Å². The van der Waals surface area contributed by atoms with Crippen molar-refractivity contribution in [2.24, 2.45) is 11.7 Å². The Bertz CT molecular complexity index is 524. The fourth-order valence-electron chi connectivity index (χ4n) is 1.58. The first kappa shape index (κ1) is 16.4. The van der Waals surface area contributed by atoms with Gasteiger partial charge in [0.25, 0.3) is 0 Å². The molecule has 110 valence electrons. The third-order valence-corrected chi connectivity index (χ3v) is 2.88. The number of thiocarbonyl (C=S) groups is 1. The number of amides is 1. The average Bonchev–Trinajstić information content (AvgIpc) is 2.38. The molecule has 1 amide bonds. The zero-order valence-electron chi connectivity index (χ0n) is 10.5.